The number of carbonyl (C=O) groups excluding carboxylic acids is 3. The van der Waals surface area contributed by atoms with Gasteiger partial charge in [0.1, 0.15) is 31.5 Å². The summed E-state index contributed by atoms with van der Waals surface area (Å²) >= 11 is 5.69. The summed E-state index contributed by atoms with van der Waals surface area (Å²) in [7, 11) is 6.56. The van der Waals surface area contributed by atoms with Crippen LogP contribution in [0.25, 0.3) is 11.1 Å². The molecule has 2 saturated heterocycles. The summed E-state index contributed by atoms with van der Waals surface area (Å²) < 4.78 is 44.1. The van der Waals surface area contributed by atoms with Gasteiger partial charge >= 0.3 is 12.1 Å². The molecule has 13 nitrogen and oxygen atoms in total. The number of fused-ring (bicyclic) bond motifs is 3. The predicted molar refractivity (Wildman–Crippen MR) is 267 cm³/mol. The molecule has 2 heterocycles. The van der Waals surface area contributed by atoms with E-state index in [4.69, 9.17) is 54.6 Å². The highest BCUT2D eigenvalue weighted by atomic mass is 35.5. The lowest BCUT2D eigenvalue weighted by atomic mass is 9.84. The van der Waals surface area contributed by atoms with Crippen molar-refractivity contribution in [3.8, 4) is 11.1 Å². The summed E-state index contributed by atoms with van der Waals surface area (Å²) in [5, 5.41) is 11.1. The smallest absolute Gasteiger partial charge is 0.407 e. The normalized spacial score (nSPS) is 25.6. The van der Waals surface area contributed by atoms with Crippen molar-refractivity contribution in [2.45, 2.75) is 104 Å². The number of esters is 1. The molecule has 0 bridgehead atoms. The average molecular weight is 977 g/mol. The number of amides is 1. The van der Waals surface area contributed by atoms with Crippen LogP contribution in [0.2, 0.25) is 0 Å². The highest BCUT2D eigenvalue weighted by molar-refractivity contribution is 6.64. The summed E-state index contributed by atoms with van der Waals surface area (Å²) in [5.74, 6) is 0.577. The van der Waals surface area contributed by atoms with Crippen LogP contribution in [-0.2, 0) is 60.3 Å². The minimum absolute atomic E-state index is 0. The van der Waals surface area contributed by atoms with Crippen LogP contribution in [0.15, 0.2) is 109 Å². The van der Waals surface area contributed by atoms with Crippen molar-refractivity contribution < 1.29 is 57.4 Å². The molecule has 4 aromatic rings. The Hall–Kier alpha value is -4.70. The number of aliphatic hydroxyl groups excluding tert-OH is 1. The Balaban J connectivity index is 0.000000237. The van der Waals surface area contributed by atoms with E-state index in [0.29, 0.717) is 18.8 Å². The van der Waals surface area contributed by atoms with Crippen LogP contribution >= 0.6 is 11.6 Å². The van der Waals surface area contributed by atoms with Gasteiger partial charge in [-0.15, -0.1) is 0 Å². The molecule has 0 spiro atoms. The molecule has 1 amide bonds. The van der Waals surface area contributed by atoms with Gasteiger partial charge in [0, 0.05) is 52.6 Å². The molecule has 378 valence electrons. The fourth-order valence-corrected chi connectivity index (χ4v) is 9.38. The number of benzene rings is 4. The number of hydrogen-bond acceptors (Lipinski definition) is 12. The van der Waals surface area contributed by atoms with Crippen molar-refractivity contribution in [2.75, 3.05) is 48.3 Å². The molecule has 2 fully saturated rings. The largest absolute Gasteiger partial charge is 0.463 e. The van der Waals surface area contributed by atoms with Crippen LogP contribution in [0.1, 0.15) is 70.2 Å². The lowest BCUT2D eigenvalue weighted by molar-refractivity contribution is -0.266. The molecule has 69 heavy (non-hydrogen) atoms. The maximum atomic E-state index is 12.4. The van der Waals surface area contributed by atoms with E-state index in [1.165, 1.54) is 0 Å². The van der Waals surface area contributed by atoms with Gasteiger partial charge in [-0.25, -0.2) is 4.79 Å². The van der Waals surface area contributed by atoms with Crippen molar-refractivity contribution in [1.29, 1.82) is 0 Å². The zero-order valence-corrected chi connectivity index (χ0v) is 41.5. The van der Waals surface area contributed by atoms with Crippen LogP contribution in [0.5, 0.6) is 0 Å². The number of methoxy groups -OCH3 is 4. The molecule has 12 atom stereocenters. The third-order valence-electron chi connectivity index (χ3n) is 13.5. The maximum Gasteiger partial charge on any atom is 0.407 e. The lowest BCUT2D eigenvalue weighted by Gasteiger charge is -2.43. The highest BCUT2D eigenvalue weighted by Gasteiger charge is 2.43. The number of rotatable bonds is 16. The first kappa shape index (κ1) is 56.9. The van der Waals surface area contributed by atoms with Crippen molar-refractivity contribution in [2.24, 2.45) is 29.6 Å². The molecular formula is C55H74ClNO12. The second-order valence-electron chi connectivity index (χ2n) is 17.8. The Bertz CT molecular complexity index is 2110. The summed E-state index contributed by atoms with van der Waals surface area (Å²) in [4.78, 5) is 36.5. The molecule has 4 unspecified atom stereocenters. The Morgan fingerprint density at radius 2 is 1.06 bits per heavy atom. The topological polar surface area (TPSA) is 157 Å². The van der Waals surface area contributed by atoms with Crippen molar-refractivity contribution in [3.63, 3.8) is 0 Å². The maximum absolute atomic E-state index is 12.4. The summed E-state index contributed by atoms with van der Waals surface area (Å²) in [5.41, 5.74) is 6.62. The molecule has 0 saturated carbocycles. The van der Waals surface area contributed by atoms with E-state index >= 15 is 0 Å². The SMILES string of the molecule is C.CO[C@@H]1OC(CO)[C@@H](OC)[C@H](C)C1C.CO[C@@H]1OC(COC(=O)[C@@H](C)Cc2ccccc2)[C@@H](OC)[C@H](C)C1C.O=C(N[C@@H](Cc1ccccc1)C(=O)Cl)OCC1c2ccccc2-c2ccccc21. The first-order valence-corrected chi connectivity index (χ1v) is 23.7. The van der Waals surface area contributed by atoms with E-state index in [1.54, 1.807) is 28.4 Å². The van der Waals surface area contributed by atoms with Gasteiger partial charge in [0.25, 0.3) is 0 Å². The van der Waals surface area contributed by atoms with Gasteiger partial charge in [0.05, 0.1) is 24.7 Å². The zero-order chi connectivity index (χ0) is 49.3. The number of carbonyl (C=O) groups is 3. The van der Waals surface area contributed by atoms with E-state index in [1.807, 2.05) is 91.9 Å². The Kier molecular flexibility index (Phi) is 23.3. The molecule has 7 rings (SSSR count). The van der Waals surface area contributed by atoms with Crippen molar-refractivity contribution in [3.05, 3.63) is 131 Å². The van der Waals surface area contributed by atoms with Crippen LogP contribution in [0.4, 0.5) is 4.79 Å². The van der Waals surface area contributed by atoms with Gasteiger partial charge in [0.15, 0.2) is 12.6 Å². The fraction of sp³-hybridized carbons (Fsp3) is 0.509. The van der Waals surface area contributed by atoms with Crippen molar-refractivity contribution >= 4 is 28.9 Å². The molecule has 14 heteroatoms. The first-order valence-electron chi connectivity index (χ1n) is 23.3. The molecule has 1 aliphatic carbocycles. The summed E-state index contributed by atoms with van der Waals surface area (Å²) in [6.07, 6.45) is -1.02. The van der Waals surface area contributed by atoms with E-state index < -0.39 is 17.4 Å². The number of ether oxygens (including phenoxy) is 8. The van der Waals surface area contributed by atoms with Gasteiger partial charge in [0.2, 0.25) is 5.24 Å². The minimum atomic E-state index is -0.838. The van der Waals surface area contributed by atoms with Crippen LogP contribution in [-0.4, -0.2) is 114 Å². The van der Waals surface area contributed by atoms with Crippen LogP contribution < -0.4 is 5.32 Å². The number of aliphatic hydroxyl groups is 1. The molecule has 2 N–H and O–H groups in total. The Labute approximate surface area is 414 Å². The monoisotopic (exact) mass is 975 g/mol. The molecule has 0 radical (unpaired) electrons. The zero-order valence-electron chi connectivity index (χ0n) is 40.7. The van der Waals surface area contributed by atoms with E-state index in [0.717, 1.165) is 33.4 Å². The third-order valence-corrected chi connectivity index (χ3v) is 13.7. The van der Waals surface area contributed by atoms with E-state index in [2.05, 4.69) is 57.3 Å². The fourth-order valence-electron chi connectivity index (χ4n) is 9.25. The number of hydrogen-bond donors (Lipinski definition) is 2. The summed E-state index contributed by atoms with van der Waals surface area (Å²) in [6.45, 7) is 10.6. The number of halogens is 1. The molecule has 4 aromatic carbocycles. The van der Waals surface area contributed by atoms with E-state index in [9.17, 15) is 14.4 Å². The van der Waals surface area contributed by atoms with Gasteiger partial charge in [-0.3, -0.25) is 9.59 Å². The minimum Gasteiger partial charge on any atom is -0.463 e. The quantitative estimate of drug-likeness (QED) is 0.0812. The highest BCUT2D eigenvalue weighted by Crippen LogP contribution is 2.44. The standard InChI is InChI=1S/C24H20ClNO3.C20H30O5.C10H20O4.CH4/c25-23(27)22(14-16-8-2-1-3-9-16)26-24(28)29-15-21-19-12-6-4-10-17(19)18-11-5-7-13-20(18)21;1-13(11-16-9-7-6-8-10-16)19(21)24-12-17-18(22-4)14(2)15(3)20(23-5)25-17;1-6-7(2)10(13-4)14-8(5-11)9(6)12-3;/h1-13,21-22H,14-15H2,(H,26,28);6-10,13-15,17-18,20H,11-12H2,1-5H3;6-11H,5H2,1-4H3;1H4/t22-;13-,14+,15?,17?,18-,20+;6-,7?,8?,9+,10-;/m001./s1. The molecule has 0 aromatic heterocycles. The number of nitrogens with one attached hydrogen (secondary N) is 1. The van der Waals surface area contributed by atoms with Gasteiger partial charge in [-0.1, -0.05) is 151 Å². The predicted octanol–water partition coefficient (Wildman–Crippen LogP) is 9.24. The van der Waals surface area contributed by atoms with Gasteiger partial charge in [-0.2, -0.15) is 0 Å². The van der Waals surface area contributed by atoms with Crippen LogP contribution in [0.3, 0.4) is 0 Å². The molecule has 2 aliphatic heterocycles. The Morgan fingerprint density at radius 1 is 0.609 bits per heavy atom. The van der Waals surface area contributed by atoms with Crippen molar-refractivity contribution in [1.82, 2.24) is 5.32 Å². The second kappa shape index (κ2) is 28.2. The van der Waals surface area contributed by atoms with E-state index in [-0.39, 0.29) is 99.8 Å². The first-order chi connectivity index (χ1) is 32.8. The Morgan fingerprint density at radius 3 is 1.52 bits per heavy atom. The number of alkyl carbamates (subject to hydrolysis) is 1. The average Bonchev–Trinajstić information content (AvgIpc) is 3.68. The molecular weight excluding hydrogens is 902 g/mol. The summed E-state index contributed by atoms with van der Waals surface area (Å²) in [6, 6.07) is 34.8. The lowest BCUT2D eigenvalue weighted by Crippen LogP contribution is -2.52. The van der Waals surface area contributed by atoms with Gasteiger partial charge in [-0.05, 0) is 63.2 Å². The second-order valence-corrected chi connectivity index (χ2v) is 18.2. The third kappa shape index (κ3) is 15.2. The van der Waals surface area contributed by atoms with Gasteiger partial charge < -0.3 is 48.3 Å². The van der Waals surface area contributed by atoms with Crippen LogP contribution in [0, 0.1) is 29.6 Å². The molecule has 3 aliphatic rings.